The monoisotopic (exact) mass is 193 g/mol. The van der Waals surface area contributed by atoms with Crippen molar-refractivity contribution in [2.24, 2.45) is 0 Å². The van der Waals surface area contributed by atoms with Crippen LogP contribution in [0.1, 0.15) is 24.0 Å². The molecule has 0 saturated heterocycles. The van der Waals surface area contributed by atoms with E-state index in [0.717, 1.165) is 0 Å². The smallest absolute Gasteiger partial charge is 0.0497 e. The van der Waals surface area contributed by atoms with Crippen LogP contribution in [0.5, 0.6) is 0 Å². The lowest BCUT2D eigenvalue weighted by Crippen LogP contribution is -2.11. The fourth-order valence-corrected chi connectivity index (χ4v) is 1.52. The van der Waals surface area contributed by atoms with E-state index in [4.69, 9.17) is 5.11 Å². The zero-order valence-electron chi connectivity index (χ0n) is 9.41. The maximum atomic E-state index is 9.07. The van der Waals surface area contributed by atoms with Crippen LogP contribution in [0, 0.1) is 6.92 Å². The van der Waals surface area contributed by atoms with Gasteiger partial charge >= 0.3 is 0 Å². The molecule has 14 heavy (non-hydrogen) atoms. The van der Waals surface area contributed by atoms with E-state index in [0.29, 0.717) is 0 Å². The molecule has 78 valence electrons. The molecule has 1 N–H and O–H groups in total. The van der Waals surface area contributed by atoms with Gasteiger partial charge in [-0.25, -0.2) is 0 Å². The molecule has 1 aromatic rings. The van der Waals surface area contributed by atoms with Crippen LogP contribution in [0.25, 0.3) is 0 Å². The van der Waals surface area contributed by atoms with Crippen LogP contribution in [0.2, 0.25) is 0 Å². The third-order valence-electron chi connectivity index (χ3n) is 2.56. The Kier molecular flexibility index (Phi) is 3.53. The van der Waals surface area contributed by atoms with Gasteiger partial charge in [0.15, 0.2) is 0 Å². The molecule has 0 amide bonds. The summed E-state index contributed by atoms with van der Waals surface area (Å²) >= 11 is 0. The number of hydrogen-bond donors (Lipinski definition) is 1. The molecule has 1 unspecified atom stereocenters. The first kappa shape index (κ1) is 11.1. The summed E-state index contributed by atoms with van der Waals surface area (Å²) in [5.41, 5.74) is 3.69. The van der Waals surface area contributed by atoms with Crippen molar-refractivity contribution in [2.75, 3.05) is 25.6 Å². The van der Waals surface area contributed by atoms with Gasteiger partial charge in [0.2, 0.25) is 0 Å². The van der Waals surface area contributed by atoms with Crippen LogP contribution in [-0.2, 0) is 0 Å². The molecule has 1 aromatic carbocycles. The molecule has 0 heterocycles. The highest BCUT2D eigenvalue weighted by atomic mass is 16.3. The number of hydrogen-bond acceptors (Lipinski definition) is 2. The van der Waals surface area contributed by atoms with Crippen LogP contribution in [0.15, 0.2) is 18.2 Å². The lowest BCUT2D eigenvalue weighted by molar-refractivity contribution is 0.273. The lowest BCUT2D eigenvalue weighted by atomic mass is 9.99. The summed E-state index contributed by atoms with van der Waals surface area (Å²) in [5.74, 6) is 0.217. The quantitative estimate of drug-likeness (QED) is 0.795. The fraction of sp³-hybridized carbons (Fsp3) is 0.500. The highest BCUT2D eigenvalue weighted by molar-refractivity contribution is 5.54. The minimum Gasteiger partial charge on any atom is -0.396 e. The van der Waals surface area contributed by atoms with Crippen molar-refractivity contribution in [3.8, 4) is 0 Å². The van der Waals surface area contributed by atoms with E-state index in [2.05, 4.69) is 30.0 Å². The Morgan fingerprint density at radius 2 is 2.00 bits per heavy atom. The Bertz CT molecular complexity index is 307. The summed E-state index contributed by atoms with van der Waals surface area (Å²) in [7, 11) is 4.07. The molecule has 0 bridgehead atoms. The van der Waals surface area contributed by atoms with Crippen LogP contribution >= 0.6 is 0 Å². The van der Waals surface area contributed by atoms with Gasteiger partial charge in [0, 0.05) is 32.3 Å². The number of anilines is 1. The molecule has 0 aliphatic rings. The summed E-state index contributed by atoms with van der Waals surface area (Å²) in [6.07, 6.45) is 0. The Labute approximate surface area is 86.2 Å². The van der Waals surface area contributed by atoms with E-state index < -0.39 is 0 Å². The van der Waals surface area contributed by atoms with E-state index >= 15 is 0 Å². The van der Waals surface area contributed by atoms with Gasteiger partial charge in [0.1, 0.15) is 0 Å². The van der Waals surface area contributed by atoms with Gasteiger partial charge in [0.25, 0.3) is 0 Å². The van der Waals surface area contributed by atoms with Crippen molar-refractivity contribution in [3.63, 3.8) is 0 Å². The Balaban J connectivity index is 3.06. The lowest BCUT2D eigenvalue weighted by Gasteiger charge is -2.18. The minimum atomic E-state index is 0.204. The first-order chi connectivity index (χ1) is 6.56. The van der Waals surface area contributed by atoms with Gasteiger partial charge in [-0.2, -0.15) is 0 Å². The SMILES string of the molecule is Cc1ccc(C(C)CO)cc1N(C)C. The molecule has 1 atom stereocenters. The van der Waals surface area contributed by atoms with E-state index in [1.165, 1.54) is 16.8 Å². The van der Waals surface area contributed by atoms with Crippen molar-refractivity contribution in [3.05, 3.63) is 29.3 Å². The summed E-state index contributed by atoms with van der Waals surface area (Å²) in [6, 6.07) is 6.34. The molecule has 0 radical (unpaired) electrons. The second-order valence-electron chi connectivity index (χ2n) is 4.02. The van der Waals surface area contributed by atoms with Crippen LogP contribution < -0.4 is 4.90 Å². The average molecular weight is 193 g/mol. The third-order valence-corrected chi connectivity index (χ3v) is 2.56. The summed E-state index contributed by atoms with van der Waals surface area (Å²) in [6.45, 7) is 4.34. The molecule has 1 rings (SSSR count). The number of benzene rings is 1. The topological polar surface area (TPSA) is 23.5 Å². The molecule has 0 spiro atoms. The van der Waals surface area contributed by atoms with E-state index in [-0.39, 0.29) is 12.5 Å². The standard InChI is InChI=1S/C12H19NO/c1-9-5-6-11(10(2)8-14)7-12(9)13(3)4/h5-7,10,14H,8H2,1-4H3. The summed E-state index contributed by atoms with van der Waals surface area (Å²) in [4.78, 5) is 2.10. The van der Waals surface area contributed by atoms with E-state index in [1.807, 2.05) is 21.0 Å². The number of rotatable bonds is 3. The van der Waals surface area contributed by atoms with Crippen LogP contribution in [0.4, 0.5) is 5.69 Å². The molecule has 2 nitrogen and oxygen atoms in total. The van der Waals surface area contributed by atoms with Crippen molar-refractivity contribution in [1.82, 2.24) is 0 Å². The van der Waals surface area contributed by atoms with Crippen LogP contribution in [-0.4, -0.2) is 25.8 Å². The van der Waals surface area contributed by atoms with Gasteiger partial charge in [-0.1, -0.05) is 19.1 Å². The average Bonchev–Trinajstić information content (AvgIpc) is 2.17. The Hall–Kier alpha value is -1.02. The highest BCUT2D eigenvalue weighted by Gasteiger charge is 2.07. The van der Waals surface area contributed by atoms with Gasteiger partial charge in [-0.05, 0) is 24.1 Å². The Morgan fingerprint density at radius 3 is 2.50 bits per heavy atom. The first-order valence-corrected chi connectivity index (χ1v) is 4.95. The number of aliphatic hydroxyl groups is 1. The largest absolute Gasteiger partial charge is 0.396 e. The predicted molar refractivity (Wildman–Crippen MR) is 61.0 cm³/mol. The number of aliphatic hydroxyl groups excluding tert-OH is 1. The number of aryl methyl sites for hydroxylation is 1. The van der Waals surface area contributed by atoms with E-state index in [9.17, 15) is 0 Å². The summed E-state index contributed by atoms with van der Waals surface area (Å²) in [5, 5.41) is 9.07. The maximum absolute atomic E-state index is 9.07. The normalized spacial score (nSPS) is 12.6. The zero-order valence-corrected chi connectivity index (χ0v) is 9.41. The predicted octanol–water partition coefficient (Wildman–Crippen LogP) is 2.16. The Morgan fingerprint density at radius 1 is 1.36 bits per heavy atom. The third kappa shape index (κ3) is 2.26. The zero-order chi connectivity index (χ0) is 10.7. The molecule has 0 fully saturated rings. The molecule has 2 heteroatoms. The molecule has 0 aromatic heterocycles. The van der Waals surface area contributed by atoms with Crippen molar-refractivity contribution < 1.29 is 5.11 Å². The van der Waals surface area contributed by atoms with Crippen molar-refractivity contribution in [1.29, 1.82) is 0 Å². The van der Waals surface area contributed by atoms with E-state index in [1.54, 1.807) is 0 Å². The van der Waals surface area contributed by atoms with Crippen molar-refractivity contribution >= 4 is 5.69 Å². The van der Waals surface area contributed by atoms with Gasteiger partial charge < -0.3 is 10.0 Å². The molecule has 0 saturated carbocycles. The molecular weight excluding hydrogens is 174 g/mol. The molecule has 0 aliphatic heterocycles. The van der Waals surface area contributed by atoms with Gasteiger partial charge in [0.05, 0.1) is 0 Å². The minimum absolute atomic E-state index is 0.204. The highest BCUT2D eigenvalue weighted by Crippen LogP contribution is 2.23. The fourth-order valence-electron chi connectivity index (χ4n) is 1.52. The van der Waals surface area contributed by atoms with Crippen molar-refractivity contribution in [2.45, 2.75) is 19.8 Å². The first-order valence-electron chi connectivity index (χ1n) is 4.95. The maximum Gasteiger partial charge on any atom is 0.0497 e. The molecular formula is C12H19NO. The summed E-state index contributed by atoms with van der Waals surface area (Å²) < 4.78 is 0. The van der Waals surface area contributed by atoms with Gasteiger partial charge in [-0.15, -0.1) is 0 Å². The molecule has 0 aliphatic carbocycles. The second-order valence-corrected chi connectivity index (χ2v) is 4.02. The van der Waals surface area contributed by atoms with Crippen LogP contribution in [0.3, 0.4) is 0 Å². The van der Waals surface area contributed by atoms with Gasteiger partial charge in [-0.3, -0.25) is 0 Å². The second kappa shape index (κ2) is 4.47. The number of nitrogens with zero attached hydrogens (tertiary/aromatic N) is 1.